The number of nitrogens with two attached hydrogens (primary N) is 2. The van der Waals surface area contributed by atoms with Crippen LogP contribution in [-0.4, -0.2) is 31.3 Å². The van der Waals surface area contributed by atoms with E-state index in [1.807, 2.05) is 0 Å². The van der Waals surface area contributed by atoms with E-state index in [1.54, 1.807) is 6.07 Å². The lowest BCUT2D eigenvalue weighted by atomic mass is 10.0. The highest BCUT2D eigenvalue weighted by Gasteiger charge is 2.34. The maximum absolute atomic E-state index is 14.7. The number of alkyl halides is 5. The molecule has 4 N–H and O–H groups in total. The fourth-order valence-electron chi connectivity index (χ4n) is 4.54. The predicted molar refractivity (Wildman–Crippen MR) is 170 cm³/mol. The smallest absolute Gasteiger partial charge is 0.426 e. The van der Waals surface area contributed by atoms with E-state index < -0.39 is 30.6 Å². The van der Waals surface area contributed by atoms with Gasteiger partial charge >= 0.3 is 24.2 Å². The Morgan fingerprint density at radius 1 is 0.702 bits per heavy atom. The number of halogens is 5. The van der Waals surface area contributed by atoms with Crippen LogP contribution >= 0.6 is 0 Å². The molecule has 0 unspecified atom stereocenters. The lowest BCUT2D eigenvalue weighted by Gasteiger charge is -2.18. The highest BCUT2D eigenvalue weighted by molar-refractivity contribution is 5.91. The van der Waals surface area contributed by atoms with Crippen molar-refractivity contribution >= 4 is 29.4 Å². The molecule has 254 valence electrons. The summed E-state index contributed by atoms with van der Waals surface area (Å²) in [6, 6.07) is 15.8. The first kappa shape index (κ1) is 36.9. The average Bonchev–Trinajstić information content (AvgIpc) is 3.00. The first-order valence-corrected chi connectivity index (χ1v) is 15.3. The Kier molecular flexibility index (Phi) is 14.0. The molecular weight excluding hydrogens is 623 g/mol. The van der Waals surface area contributed by atoms with Crippen molar-refractivity contribution in [3.63, 3.8) is 0 Å². The van der Waals surface area contributed by atoms with Crippen LogP contribution in [0.3, 0.4) is 0 Å². The van der Waals surface area contributed by atoms with E-state index in [-0.39, 0.29) is 30.9 Å². The molecule has 3 aromatic carbocycles. The number of aryl methyl sites for hydroxylation is 1. The molecule has 0 aliphatic heterocycles. The van der Waals surface area contributed by atoms with E-state index >= 15 is 0 Å². The van der Waals surface area contributed by atoms with Gasteiger partial charge in [-0.2, -0.15) is 22.0 Å². The second-order valence-corrected chi connectivity index (χ2v) is 11.0. The standard InChI is InChI=1S/C35H39F5N2O5/c36-34(37,38)19-5-3-4-8-25-9-14-28(15-10-25)35(39,40)47-31-16-11-26(12-17-31)13-18-32(43)45-20-6-1-2-7-21-46-33(44)27-22-29(41)24-30(42)23-27/h9-18,22-24H,1-8,19-21,41-42H2. The van der Waals surface area contributed by atoms with Crippen LogP contribution in [0.5, 0.6) is 5.75 Å². The van der Waals surface area contributed by atoms with Gasteiger partial charge in [0.15, 0.2) is 0 Å². The molecule has 47 heavy (non-hydrogen) atoms. The monoisotopic (exact) mass is 662 g/mol. The SMILES string of the molecule is Nc1cc(N)cc(C(=O)OCCCCCCOC(=O)C=Cc2ccc(OC(F)(F)c3ccc(CCCCCC(F)(F)F)cc3)cc2)c1. The van der Waals surface area contributed by atoms with Crippen LogP contribution < -0.4 is 16.2 Å². The van der Waals surface area contributed by atoms with Gasteiger partial charge in [-0.15, -0.1) is 0 Å². The number of rotatable bonds is 18. The Bertz CT molecular complexity index is 1440. The predicted octanol–water partition coefficient (Wildman–Crippen LogP) is 8.62. The number of ether oxygens (including phenoxy) is 3. The molecule has 0 aliphatic rings. The highest BCUT2D eigenvalue weighted by Crippen LogP contribution is 2.32. The fourth-order valence-corrected chi connectivity index (χ4v) is 4.54. The van der Waals surface area contributed by atoms with E-state index in [2.05, 4.69) is 0 Å². The molecule has 0 saturated carbocycles. The van der Waals surface area contributed by atoms with Gasteiger partial charge in [-0.25, -0.2) is 9.59 Å². The van der Waals surface area contributed by atoms with E-state index in [0.717, 1.165) is 18.4 Å². The van der Waals surface area contributed by atoms with Crippen LogP contribution in [0.15, 0.2) is 72.8 Å². The normalized spacial score (nSPS) is 11.9. The minimum Gasteiger partial charge on any atom is -0.463 e. The van der Waals surface area contributed by atoms with Gasteiger partial charge in [-0.05, 0) is 105 Å². The molecule has 0 aromatic heterocycles. The molecule has 0 amide bonds. The zero-order valence-corrected chi connectivity index (χ0v) is 25.9. The first-order chi connectivity index (χ1) is 22.3. The van der Waals surface area contributed by atoms with Gasteiger partial charge in [0.1, 0.15) is 5.75 Å². The van der Waals surface area contributed by atoms with Crippen molar-refractivity contribution < 1.29 is 45.8 Å². The molecule has 0 saturated heterocycles. The van der Waals surface area contributed by atoms with Gasteiger partial charge in [0.05, 0.1) is 24.3 Å². The molecular formula is C35H39F5N2O5. The Hall–Kier alpha value is -4.61. The zero-order chi connectivity index (χ0) is 34.3. The minimum absolute atomic E-state index is 0.0427. The molecule has 0 radical (unpaired) electrons. The number of esters is 2. The lowest BCUT2D eigenvalue weighted by Crippen LogP contribution is -2.21. The summed E-state index contributed by atoms with van der Waals surface area (Å²) < 4.78 is 81.4. The molecule has 3 rings (SSSR count). The van der Waals surface area contributed by atoms with Gasteiger partial charge in [-0.1, -0.05) is 30.7 Å². The molecule has 0 heterocycles. The summed E-state index contributed by atoms with van der Waals surface area (Å²) in [5, 5.41) is 0. The van der Waals surface area contributed by atoms with Crippen molar-refractivity contribution in [1.82, 2.24) is 0 Å². The van der Waals surface area contributed by atoms with Gasteiger partial charge in [0.2, 0.25) is 0 Å². The summed E-state index contributed by atoms with van der Waals surface area (Å²) in [5.74, 6) is -1.12. The largest absolute Gasteiger partial charge is 0.463 e. The maximum atomic E-state index is 14.7. The number of nitrogen functional groups attached to an aromatic ring is 2. The molecule has 12 heteroatoms. The molecule has 0 aliphatic carbocycles. The molecule has 0 fully saturated rings. The number of unbranched alkanes of at least 4 members (excludes halogenated alkanes) is 5. The van der Waals surface area contributed by atoms with Crippen LogP contribution in [0.4, 0.5) is 33.3 Å². The Labute approximate surface area is 270 Å². The molecule has 0 bridgehead atoms. The van der Waals surface area contributed by atoms with Crippen LogP contribution in [-0.2, 0) is 26.8 Å². The van der Waals surface area contributed by atoms with Gasteiger partial charge in [-0.3, -0.25) is 0 Å². The summed E-state index contributed by atoms with van der Waals surface area (Å²) in [6.45, 7) is 0.461. The maximum Gasteiger partial charge on any atom is 0.426 e. The van der Waals surface area contributed by atoms with Crippen LogP contribution in [0.2, 0.25) is 0 Å². The second kappa shape index (κ2) is 17.9. The fraction of sp³-hybridized carbons (Fsp3) is 0.371. The number of hydrogen-bond acceptors (Lipinski definition) is 7. The topological polar surface area (TPSA) is 114 Å². The number of hydrogen-bond donors (Lipinski definition) is 2. The van der Waals surface area contributed by atoms with Crippen molar-refractivity contribution in [2.24, 2.45) is 0 Å². The van der Waals surface area contributed by atoms with Crippen LogP contribution in [0, 0.1) is 0 Å². The van der Waals surface area contributed by atoms with Gasteiger partial charge < -0.3 is 25.7 Å². The number of carbonyl (C=O) groups excluding carboxylic acids is 2. The summed E-state index contributed by atoms with van der Waals surface area (Å²) in [5.41, 5.74) is 13.4. The third kappa shape index (κ3) is 14.1. The Morgan fingerprint density at radius 2 is 1.30 bits per heavy atom. The summed E-state index contributed by atoms with van der Waals surface area (Å²) in [6.07, 6.45) is -1.56. The summed E-state index contributed by atoms with van der Waals surface area (Å²) >= 11 is 0. The summed E-state index contributed by atoms with van der Waals surface area (Å²) in [7, 11) is 0. The van der Waals surface area contributed by atoms with Crippen molar-refractivity contribution in [1.29, 1.82) is 0 Å². The minimum atomic E-state index is -4.17. The van der Waals surface area contributed by atoms with Crippen molar-refractivity contribution in [2.75, 3.05) is 24.7 Å². The Morgan fingerprint density at radius 3 is 1.91 bits per heavy atom. The number of carbonyl (C=O) groups is 2. The van der Waals surface area contributed by atoms with Gasteiger partial charge in [0.25, 0.3) is 0 Å². The molecule has 3 aromatic rings. The molecule has 0 spiro atoms. The van der Waals surface area contributed by atoms with Crippen molar-refractivity contribution in [3.05, 3.63) is 95.1 Å². The first-order valence-electron chi connectivity index (χ1n) is 15.3. The quantitative estimate of drug-likeness (QED) is 0.0461. The second-order valence-electron chi connectivity index (χ2n) is 11.0. The zero-order valence-electron chi connectivity index (χ0n) is 25.9. The van der Waals surface area contributed by atoms with E-state index in [9.17, 15) is 31.5 Å². The molecule has 0 atom stereocenters. The molecule has 7 nitrogen and oxygen atoms in total. The van der Waals surface area contributed by atoms with Crippen molar-refractivity contribution in [3.8, 4) is 5.75 Å². The highest BCUT2D eigenvalue weighted by atomic mass is 19.4. The summed E-state index contributed by atoms with van der Waals surface area (Å²) in [4.78, 5) is 24.1. The number of anilines is 2. The Balaban J connectivity index is 1.30. The van der Waals surface area contributed by atoms with E-state index in [1.165, 1.54) is 72.8 Å². The van der Waals surface area contributed by atoms with Gasteiger partial charge in [0, 0.05) is 23.9 Å². The van der Waals surface area contributed by atoms with E-state index in [4.69, 9.17) is 25.7 Å². The number of benzene rings is 3. The third-order valence-electron chi connectivity index (χ3n) is 6.98. The van der Waals surface area contributed by atoms with Crippen LogP contribution in [0.25, 0.3) is 6.08 Å². The lowest BCUT2D eigenvalue weighted by molar-refractivity contribution is -0.185. The van der Waals surface area contributed by atoms with Crippen molar-refractivity contribution in [2.45, 2.75) is 70.1 Å². The van der Waals surface area contributed by atoms with E-state index in [0.29, 0.717) is 54.6 Å². The van der Waals surface area contributed by atoms with Crippen LogP contribution in [0.1, 0.15) is 78.4 Å². The average molecular weight is 663 g/mol. The third-order valence-corrected chi connectivity index (χ3v) is 6.98.